The summed E-state index contributed by atoms with van der Waals surface area (Å²) in [6.07, 6.45) is -0.217. The van der Waals surface area contributed by atoms with Crippen molar-refractivity contribution in [1.82, 2.24) is 5.32 Å². The highest BCUT2D eigenvalue weighted by Gasteiger charge is 2.18. The van der Waals surface area contributed by atoms with Gasteiger partial charge < -0.3 is 19.9 Å². The summed E-state index contributed by atoms with van der Waals surface area (Å²) in [5.41, 5.74) is 0.673. The predicted molar refractivity (Wildman–Crippen MR) is 77.3 cm³/mol. The zero-order valence-electron chi connectivity index (χ0n) is 11.7. The molecule has 0 spiro atoms. The lowest BCUT2D eigenvalue weighted by Gasteiger charge is -2.17. The maximum atomic E-state index is 11.7. The number of rotatable bonds is 9. The molecule has 0 aliphatic heterocycles. The molecule has 0 fully saturated rings. The second kappa shape index (κ2) is 9.33. The SMILES string of the molecule is COCCOCC(=O)N[C@@H](CC(=O)O)c1ccc(Cl)cc1. The normalized spacial score (nSPS) is 11.9. The Morgan fingerprint density at radius 2 is 1.95 bits per heavy atom. The van der Waals surface area contributed by atoms with Gasteiger partial charge in [0, 0.05) is 12.1 Å². The molecule has 1 aromatic rings. The molecule has 0 aromatic heterocycles. The monoisotopic (exact) mass is 315 g/mol. The summed E-state index contributed by atoms with van der Waals surface area (Å²) < 4.78 is 9.88. The smallest absolute Gasteiger partial charge is 0.305 e. The van der Waals surface area contributed by atoms with Crippen LogP contribution in [0.3, 0.4) is 0 Å². The summed E-state index contributed by atoms with van der Waals surface area (Å²) in [4.78, 5) is 22.6. The van der Waals surface area contributed by atoms with Gasteiger partial charge in [-0.2, -0.15) is 0 Å². The van der Waals surface area contributed by atoms with Gasteiger partial charge in [-0.05, 0) is 17.7 Å². The molecule has 0 saturated heterocycles. The molecular formula is C14H18ClNO5. The number of carboxylic acid groups (broad SMARTS) is 1. The fraction of sp³-hybridized carbons (Fsp3) is 0.429. The van der Waals surface area contributed by atoms with Crippen LogP contribution in [-0.4, -0.2) is 43.9 Å². The van der Waals surface area contributed by atoms with Gasteiger partial charge in [-0.3, -0.25) is 9.59 Å². The van der Waals surface area contributed by atoms with Gasteiger partial charge in [0.1, 0.15) is 6.61 Å². The first-order valence-electron chi connectivity index (χ1n) is 6.36. The van der Waals surface area contributed by atoms with Crippen LogP contribution in [0.1, 0.15) is 18.0 Å². The number of hydrogen-bond donors (Lipinski definition) is 2. The highest BCUT2D eigenvalue weighted by atomic mass is 35.5. The predicted octanol–water partition coefficient (Wildman–Crippen LogP) is 1.64. The molecule has 0 heterocycles. The molecule has 1 atom stereocenters. The van der Waals surface area contributed by atoms with Gasteiger partial charge in [0.25, 0.3) is 0 Å². The van der Waals surface area contributed by atoms with E-state index in [1.807, 2.05) is 0 Å². The Hall–Kier alpha value is -1.63. The van der Waals surface area contributed by atoms with Crippen molar-refractivity contribution in [3.8, 4) is 0 Å². The van der Waals surface area contributed by atoms with Crippen LogP contribution in [0.15, 0.2) is 24.3 Å². The number of carbonyl (C=O) groups is 2. The van der Waals surface area contributed by atoms with Crippen molar-refractivity contribution >= 4 is 23.5 Å². The Bertz CT molecular complexity index is 463. The minimum atomic E-state index is -1.00. The third kappa shape index (κ3) is 7.08. The Morgan fingerprint density at radius 3 is 2.52 bits per heavy atom. The number of nitrogens with one attached hydrogen (secondary N) is 1. The van der Waals surface area contributed by atoms with E-state index in [0.717, 1.165) is 0 Å². The van der Waals surface area contributed by atoms with Gasteiger partial charge in [0.2, 0.25) is 5.91 Å². The molecule has 116 valence electrons. The standard InChI is InChI=1S/C14H18ClNO5/c1-20-6-7-21-9-13(17)16-12(8-14(18)19)10-2-4-11(15)5-3-10/h2-5,12H,6-9H2,1H3,(H,16,17)(H,18,19)/t12-/m0/s1. The Morgan fingerprint density at radius 1 is 1.29 bits per heavy atom. The summed E-state index contributed by atoms with van der Waals surface area (Å²) in [5, 5.41) is 12.1. The number of amides is 1. The number of halogens is 1. The molecule has 0 radical (unpaired) electrons. The minimum Gasteiger partial charge on any atom is -0.481 e. The van der Waals surface area contributed by atoms with Crippen LogP contribution in [0.5, 0.6) is 0 Å². The second-order valence-electron chi connectivity index (χ2n) is 4.31. The van der Waals surface area contributed by atoms with Gasteiger partial charge >= 0.3 is 5.97 Å². The molecular weight excluding hydrogens is 298 g/mol. The minimum absolute atomic E-state index is 0.146. The van der Waals surface area contributed by atoms with Crippen molar-refractivity contribution in [3.63, 3.8) is 0 Å². The molecule has 0 saturated carbocycles. The molecule has 7 heteroatoms. The highest BCUT2D eigenvalue weighted by Crippen LogP contribution is 2.19. The molecule has 0 bridgehead atoms. The number of carbonyl (C=O) groups excluding carboxylic acids is 1. The summed E-state index contributed by atoms with van der Waals surface area (Å²) in [6, 6.07) is 6.03. The van der Waals surface area contributed by atoms with Crippen molar-refractivity contribution in [2.75, 3.05) is 26.9 Å². The number of hydrogen-bond acceptors (Lipinski definition) is 4. The van der Waals surface area contributed by atoms with E-state index in [2.05, 4.69) is 5.32 Å². The Kier molecular flexibility index (Phi) is 7.74. The first-order chi connectivity index (χ1) is 10.0. The average molecular weight is 316 g/mol. The zero-order chi connectivity index (χ0) is 15.7. The van der Waals surface area contributed by atoms with Gasteiger partial charge in [-0.25, -0.2) is 0 Å². The average Bonchev–Trinajstić information content (AvgIpc) is 2.43. The van der Waals surface area contributed by atoms with E-state index in [4.69, 9.17) is 26.2 Å². The van der Waals surface area contributed by atoms with Crippen LogP contribution >= 0.6 is 11.6 Å². The van der Waals surface area contributed by atoms with Crippen molar-refractivity contribution in [1.29, 1.82) is 0 Å². The number of ether oxygens (including phenoxy) is 2. The van der Waals surface area contributed by atoms with E-state index >= 15 is 0 Å². The van der Waals surface area contributed by atoms with Crippen molar-refractivity contribution in [2.24, 2.45) is 0 Å². The van der Waals surface area contributed by atoms with E-state index in [9.17, 15) is 9.59 Å². The molecule has 21 heavy (non-hydrogen) atoms. The summed E-state index contributed by atoms with van der Waals surface area (Å²) in [6.45, 7) is 0.546. The number of benzene rings is 1. The summed E-state index contributed by atoms with van der Waals surface area (Å²) >= 11 is 5.79. The topological polar surface area (TPSA) is 84.9 Å². The summed E-state index contributed by atoms with van der Waals surface area (Å²) in [7, 11) is 1.53. The van der Waals surface area contributed by atoms with Crippen LogP contribution < -0.4 is 5.32 Å². The molecule has 1 amide bonds. The molecule has 0 unspecified atom stereocenters. The number of aliphatic carboxylic acids is 1. The zero-order valence-corrected chi connectivity index (χ0v) is 12.4. The van der Waals surface area contributed by atoms with E-state index in [1.165, 1.54) is 7.11 Å². The van der Waals surface area contributed by atoms with E-state index in [1.54, 1.807) is 24.3 Å². The molecule has 0 aliphatic carbocycles. The molecule has 6 nitrogen and oxygen atoms in total. The molecule has 1 aromatic carbocycles. The van der Waals surface area contributed by atoms with E-state index < -0.39 is 12.0 Å². The maximum absolute atomic E-state index is 11.7. The van der Waals surface area contributed by atoms with Crippen LogP contribution in [0, 0.1) is 0 Å². The van der Waals surface area contributed by atoms with Gasteiger partial charge in [-0.15, -0.1) is 0 Å². The van der Waals surface area contributed by atoms with E-state index in [0.29, 0.717) is 23.8 Å². The van der Waals surface area contributed by atoms with Gasteiger partial charge in [0.05, 0.1) is 25.7 Å². The van der Waals surface area contributed by atoms with Crippen molar-refractivity contribution in [3.05, 3.63) is 34.9 Å². The fourth-order valence-corrected chi connectivity index (χ4v) is 1.79. The lowest BCUT2D eigenvalue weighted by atomic mass is 10.0. The fourth-order valence-electron chi connectivity index (χ4n) is 1.67. The third-order valence-electron chi connectivity index (χ3n) is 2.65. The highest BCUT2D eigenvalue weighted by molar-refractivity contribution is 6.30. The first kappa shape index (κ1) is 17.4. The maximum Gasteiger partial charge on any atom is 0.305 e. The van der Waals surface area contributed by atoms with Gasteiger partial charge in [0.15, 0.2) is 0 Å². The Balaban J connectivity index is 2.59. The van der Waals surface area contributed by atoms with Crippen LogP contribution in [0.25, 0.3) is 0 Å². The molecule has 0 aliphatic rings. The first-order valence-corrected chi connectivity index (χ1v) is 6.74. The number of carboxylic acids is 1. The van der Waals surface area contributed by atoms with Gasteiger partial charge in [-0.1, -0.05) is 23.7 Å². The summed E-state index contributed by atoms with van der Waals surface area (Å²) in [5.74, 6) is -1.39. The third-order valence-corrected chi connectivity index (χ3v) is 2.90. The van der Waals surface area contributed by atoms with E-state index in [-0.39, 0.29) is 18.9 Å². The Labute approximate surface area is 128 Å². The molecule has 2 N–H and O–H groups in total. The quantitative estimate of drug-likeness (QED) is 0.677. The van der Waals surface area contributed by atoms with Crippen molar-refractivity contribution in [2.45, 2.75) is 12.5 Å². The molecule has 1 rings (SSSR count). The van der Waals surface area contributed by atoms with Crippen LogP contribution in [0.2, 0.25) is 5.02 Å². The lowest BCUT2D eigenvalue weighted by Crippen LogP contribution is -2.33. The largest absolute Gasteiger partial charge is 0.481 e. The second-order valence-corrected chi connectivity index (χ2v) is 4.75. The van der Waals surface area contributed by atoms with Crippen molar-refractivity contribution < 1.29 is 24.2 Å². The number of methoxy groups -OCH3 is 1. The van der Waals surface area contributed by atoms with Crippen LogP contribution in [0.4, 0.5) is 0 Å². The lowest BCUT2D eigenvalue weighted by molar-refractivity contribution is -0.138. The van der Waals surface area contributed by atoms with Crippen LogP contribution in [-0.2, 0) is 19.1 Å².